The van der Waals surface area contributed by atoms with Gasteiger partial charge in [-0.05, 0) is 23.8 Å². The molecule has 0 saturated heterocycles. The molecule has 0 fully saturated rings. The summed E-state index contributed by atoms with van der Waals surface area (Å²) in [5.41, 5.74) is 2.05. The highest BCUT2D eigenvalue weighted by Crippen LogP contribution is 2.41. The zero-order valence-electron chi connectivity index (χ0n) is 12.0. The average Bonchev–Trinajstić information content (AvgIpc) is 2.96. The normalized spacial score (nSPS) is 16.4. The fourth-order valence-electron chi connectivity index (χ4n) is 2.65. The van der Waals surface area contributed by atoms with Gasteiger partial charge in [-0.2, -0.15) is 0 Å². The Kier molecular flexibility index (Phi) is 3.56. The van der Waals surface area contributed by atoms with Crippen molar-refractivity contribution in [2.75, 3.05) is 0 Å². The van der Waals surface area contributed by atoms with Crippen LogP contribution in [0, 0.1) is 0 Å². The second-order valence-electron chi connectivity index (χ2n) is 5.24. The number of halogens is 1. The molecular formula is C18H12ClNO2S. The molecule has 114 valence electrons. The number of ether oxygens (including phenoxy) is 1. The summed E-state index contributed by atoms with van der Waals surface area (Å²) in [6.07, 6.45) is 2.05. The molecule has 0 bridgehead atoms. The summed E-state index contributed by atoms with van der Waals surface area (Å²) in [5.74, 6) is 1.24. The first kappa shape index (κ1) is 14.3. The molecule has 1 N–H and O–H groups in total. The van der Waals surface area contributed by atoms with Gasteiger partial charge in [0.2, 0.25) is 5.88 Å². The highest BCUT2D eigenvalue weighted by atomic mass is 35.5. The maximum atomic E-state index is 11.8. The molecular weight excluding hydrogens is 330 g/mol. The first-order valence-corrected chi connectivity index (χ1v) is 8.34. The van der Waals surface area contributed by atoms with Gasteiger partial charge >= 0.3 is 4.87 Å². The van der Waals surface area contributed by atoms with Gasteiger partial charge in [0.15, 0.2) is 0 Å². The third-order valence-electron chi connectivity index (χ3n) is 3.74. The number of aromatic amines is 1. The van der Waals surface area contributed by atoms with Crippen LogP contribution in [0.1, 0.15) is 21.9 Å². The summed E-state index contributed by atoms with van der Waals surface area (Å²) < 4.78 is 5.90. The van der Waals surface area contributed by atoms with Crippen LogP contribution in [0.15, 0.2) is 65.5 Å². The van der Waals surface area contributed by atoms with Crippen molar-refractivity contribution in [1.29, 1.82) is 0 Å². The Bertz CT molecular complexity index is 926. The molecule has 5 heteroatoms. The largest absolute Gasteiger partial charge is 0.439 e. The molecule has 0 aliphatic carbocycles. The first-order valence-electron chi connectivity index (χ1n) is 7.14. The Labute approximate surface area is 141 Å². The summed E-state index contributed by atoms with van der Waals surface area (Å²) in [7, 11) is 0. The zero-order chi connectivity index (χ0) is 15.8. The van der Waals surface area contributed by atoms with Crippen LogP contribution in [-0.2, 0) is 0 Å². The Hall–Kier alpha value is -2.30. The minimum atomic E-state index is -0.114. The number of hydrogen-bond acceptors (Lipinski definition) is 3. The van der Waals surface area contributed by atoms with Gasteiger partial charge in [-0.1, -0.05) is 65.4 Å². The topological polar surface area (TPSA) is 42.1 Å². The SMILES string of the molecule is O=c1[nH]c2c(s1)C(c1ccc(Cl)cc1)C=C(c1ccccc1)O2. The van der Waals surface area contributed by atoms with Crippen LogP contribution in [0.3, 0.4) is 0 Å². The molecule has 4 rings (SSSR count). The molecule has 1 unspecified atom stereocenters. The minimum Gasteiger partial charge on any atom is -0.439 e. The fraction of sp³-hybridized carbons (Fsp3) is 0.0556. The monoisotopic (exact) mass is 341 g/mol. The van der Waals surface area contributed by atoms with Gasteiger partial charge in [0.25, 0.3) is 0 Å². The second-order valence-corrected chi connectivity index (χ2v) is 6.69. The smallest absolute Gasteiger partial charge is 0.307 e. The van der Waals surface area contributed by atoms with Crippen molar-refractivity contribution in [2.24, 2.45) is 0 Å². The zero-order valence-corrected chi connectivity index (χ0v) is 13.5. The van der Waals surface area contributed by atoms with E-state index in [0.29, 0.717) is 10.9 Å². The van der Waals surface area contributed by atoms with Gasteiger partial charge in [-0.3, -0.25) is 9.78 Å². The number of benzene rings is 2. The first-order chi connectivity index (χ1) is 11.2. The van der Waals surface area contributed by atoms with Gasteiger partial charge in [0, 0.05) is 16.5 Å². The molecule has 2 aromatic carbocycles. The number of hydrogen-bond donors (Lipinski definition) is 1. The number of H-pyrrole nitrogens is 1. The van der Waals surface area contributed by atoms with Gasteiger partial charge in [0.05, 0.1) is 4.88 Å². The Morgan fingerprint density at radius 1 is 1.04 bits per heavy atom. The van der Waals surface area contributed by atoms with Crippen molar-refractivity contribution < 1.29 is 4.74 Å². The van der Waals surface area contributed by atoms with E-state index in [2.05, 4.69) is 4.98 Å². The van der Waals surface area contributed by atoms with Crippen molar-refractivity contribution in [3.63, 3.8) is 0 Å². The van der Waals surface area contributed by atoms with Crippen LogP contribution in [0.2, 0.25) is 5.02 Å². The molecule has 1 aromatic heterocycles. The molecule has 3 nitrogen and oxygen atoms in total. The third-order valence-corrected chi connectivity index (χ3v) is 4.94. The lowest BCUT2D eigenvalue weighted by atomic mass is 9.94. The molecule has 0 amide bonds. The predicted octanol–water partition coefficient (Wildman–Crippen LogP) is 4.66. The molecule has 0 saturated carbocycles. The number of rotatable bonds is 2. The summed E-state index contributed by atoms with van der Waals surface area (Å²) in [5, 5.41) is 0.690. The maximum absolute atomic E-state index is 11.8. The van der Waals surface area contributed by atoms with E-state index >= 15 is 0 Å². The minimum absolute atomic E-state index is 0.0322. The van der Waals surface area contributed by atoms with E-state index in [1.54, 1.807) is 0 Å². The summed E-state index contributed by atoms with van der Waals surface area (Å²) >= 11 is 7.17. The number of nitrogens with one attached hydrogen (secondary N) is 1. The van der Waals surface area contributed by atoms with Gasteiger partial charge in [-0.15, -0.1) is 0 Å². The quantitative estimate of drug-likeness (QED) is 0.736. The molecule has 1 aliphatic rings. The molecule has 0 spiro atoms. The standard InChI is InChI=1S/C18H12ClNO2S/c19-13-8-6-11(7-9-13)14-10-15(12-4-2-1-3-5-12)22-17-16(14)23-18(21)20-17/h1-10,14H,(H,20,21). The van der Waals surface area contributed by atoms with Crippen LogP contribution in [-0.4, -0.2) is 4.98 Å². The third kappa shape index (κ3) is 2.71. The molecule has 1 aliphatic heterocycles. The highest BCUT2D eigenvalue weighted by Gasteiger charge is 2.27. The Morgan fingerprint density at radius 3 is 2.52 bits per heavy atom. The van der Waals surface area contributed by atoms with Crippen LogP contribution in [0.5, 0.6) is 5.88 Å². The summed E-state index contributed by atoms with van der Waals surface area (Å²) in [4.78, 5) is 15.3. The Balaban J connectivity index is 1.85. The van der Waals surface area contributed by atoms with Crippen molar-refractivity contribution >= 4 is 28.7 Å². The van der Waals surface area contributed by atoms with Crippen molar-refractivity contribution in [2.45, 2.75) is 5.92 Å². The molecule has 2 heterocycles. The number of thiazole rings is 1. The lowest BCUT2D eigenvalue weighted by molar-refractivity contribution is 0.476. The summed E-state index contributed by atoms with van der Waals surface area (Å²) in [6.45, 7) is 0. The Morgan fingerprint density at radius 2 is 1.78 bits per heavy atom. The fourth-order valence-corrected chi connectivity index (χ4v) is 3.64. The summed E-state index contributed by atoms with van der Waals surface area (Å²) in [6, 6.07) is 17.5. The van der Waals surface area contributed by atoms with Gasteiger partial charge < -0.3 is 4.74 Å². The van der Waals surface area contributed by atoms with Crippen LogP contribution in [0.25, 0.3) is 5.76 Å². The van der Waals surface area contributed by atoms with Crippen molar-refractivity contribution in [3.8, 4) is 5.88 Å². The van der Waals surface area contributed by atoms with E-state index < -0.39 is 0 Å². The molecule has 1 atom stereocenters. The number of fused-ring (bicyclic) bond motifs is 1. The van der Waals surface area contributed by atoms with Crippen LogP contribution in [0.4, 0.5) is 0 Å². The van der Waals surface area contributed by atoms with E-state index in [4.69, 9.17) is 16.3 Å². The number of aromatic nitrogens is 1. The van der Waals surface area contributed by atoms with Gasteiger partial charge in [-0.25, -0.2) is 0 Å². The highest BCUT2D eigenvalue weighted by molar-refractivity contribution is 7.09. The predicted molar refractivity (Wildman–Crippen MR) is 93.3 cm³/mol. The number of allylic oxidation sites excluding steroid dienone is 1. The lowest BCUT2D eigenvalue weighted by Crippen LogP contribution is -2.08. The lowest BCUT2D eigenvalue weighted by Gasteiger charge is -2.21. The van der Waals surface area contributed by atoms with Crippen molar-refractivity contribution in [1.82, 2.24) is 4.98 Å². The molecule has 3 aromatic rings. The molecule has 0 radical (unpaired) electrons. The van der Waals surface area contributed by atoms with Gasteiger partial charge in [0.1, 0.15) is 5.76 Å². The van der Waals surface area contributed by atoms with Crippen LogP contribution < -0.4 is 9.61 Å². The second kappa shape index (κ2) is 5.72. The molecule has 23 heavy (non-hydrogen) atoms. The maximum Gasteiger partial charge on any atom is 0.307 e. The van der Waals surface area contributed by atoms with Crippen molar-refractivity contribution in [3.05, 3.63) is 91.4 Å². The van der Waals surface area contributed by atoms with Crippen LogP contribution >= 0.6 is 22.9 Å². The van der Waals surface area contributed by atoms with E-state index in [1.807, 2.05) is 60.7 Å². The average molecular weight is 342 g/mol. The van der Waals surface area contributed by atoms with E-state index in [1.165, 1.54) is 11.3 Å². The van der Waals surface area contributed by atoms with E-state index in [9.17, 15) is 4.79 Å². The van der Waals surface area contributed by atoms with E-state index in [0.717, 1.165) is 21.8 Å². The van der Waals surface area contributed by atoms with E-state index in [-0.39, 0.29) is 10.8 Å².